The minimum atomic E-state index is -0.252. The fourth-order valence-electron chi connectivity index (χ4n) is 4.50. The number of nitrogens with zero attached hydrogens (tertiary/aromatic N) is 2. The molecule has 2 heterocycles. The fraction of sp³-hybridized carbons (Fsp3) is 0.400. The van der Waals surface area contributed by atoms with Crippen molar-refractivity contribution in [1.82, 2.24) is 9.80 Å². The molecule has 196 valence electrons. The summed E-state index contributed by atoms with van der Waals surface area (Å²) in [6, 6.07) is 17.3. The van der Waals surface area contributed by atoms with E-state index in [1.165, 1.54) is 10.4 Å². The van der Waals surface area contributed by atoms with Crippen LogP contribution in [-0.4, -0.2) is 48.0 Å². The van der Waals surface area contributed by atoms with Crippen molar-refractivity contribution < 1.29 is 14.3 Å². The molecule has 0 fully saturated rings. The molecule has 1 aromatic heterocycles. The average Bonchev–Trinajstić information content (AvgIpc) is 3.38. The van der Waals surface area contributed by atoms with Crippen molar-refractivity contribution in [3.63, 3.8) is 0 Å². The van der Waals surface area contributed by atoms with Crippen LogP contribution in [0.15, 0.2) is 60.0 Å². The maximum Gasteiger partial charge on any atom is 0.322 e. The van der Waals surface area contributed by atoms with Crippen LogP contribution in [0.25, 0.3) is 0 Å². The number of fused-ring (bicyclic) bond motifs is 1. The predicted molar refractivity (Wildman–Crippen MR) is 150 cm³/mol. The first-order chi connectivity index (χ1) is 17.8. The molecule has 3 amide bonds. The third kappa shape index (κ3) is 6.92. The molecule has 0 bridgehead atoms. The minimum Gasteiger partial charge on any atom is -0.491 e. The number of amides is 3. The number of ether oxygens (including phenoxy) is 1. The van der Waals surface area contributed by atoms with E-state index in [0.717, 1.165) is 35.4 Å². The molecule has 37 heavy (non-hydrogen) atoms. The quantitative estimate of drug-likeness (QED) is 0.353. The van der Waals surface area contributed by atoms with Gasteiger partial charge in [-0.3, -0.25) is 4.79 Å². The summed E-state index contributed by atoms with van der Waals surface area (Å²) < 4.78 is 6.15. The second-order valence-corrected chi connectivity index (χ2v) is 11.0. The minimum absolute atomic E-state index is 0.0303. The van der Waals surface area contributed by atoms with E-state index >= 15 is 0 Å². The smallest absolute Gasteiger partial charge is 0.322 e. The molecule has 3 aromatic rings. The summed E-state index contributed by atoms with van der Waals surface area (Å²) in [5.41, 5.74) is 4.17. The highest BCUT2D eigenvalue weighted by atomic mass is 32.1. The number of carbonyl (C=O) groups excluding carboxylic acids is 2. The van der Waals surface area contributed by atoms with Crippen molar-refractivity contribution in [3.8, 4) is 5.75 Å². The summed E-state index contributed by atoms with van der Waals surface area (Å²) in [4.78, 5) is 31.8. The van der Waals surface area contributed by atoms with Gasteiger partial charge < -0.3 is 19.9 Å². The largest absolute Gasteiger partial charge is 0.491 e. The van der Waals surface area contributed by atoms with Gasteiger partial charge in [-0.1, -0.05) is 55.7 Å². The Bertz CT molecular complexity index is 1190. The lowest BCUT2D eigenvalue weighted by molar-refractivity contribution is -0.135. The number of anilines is 1. The lowest BCUT2D eigenvalue weighted by atomic mass is 10.00. The standard InChI is InChI=1S/C30H37N3O3S/c1-5-21(2)18-32(30(35)31-24-10-6-22(3)7-11-24)19-29(34)33-16-14-28-26(15-17-37-28)27(33)20-36-25-12-8-23(4)9-13-25/h6-13,15,17,21,27H,5,14,16,18-20H2,1-4H3,(H,31,35)/t21-,27-/m0/s1. The van der Waals surface area contributed by atoms with E-state index in [1.807, 2.05) is 67.3 Å². The van der Waals surface area contributed by atoms with Gasteiger partial charge in [-0.2, -0.15) is 0 Å². The topological polar surface area (TPSA) is 61.9 Å². The van der Waals surface area contributed by atoms with Crippen LogP contribution in [0.2, 0.25) is 0 Å². The number of rotatable bonds is 9. The Hall–Kier alpha value is -3.32. The first-order valence-corrected chi connectivity index (χ1v) is 13.9. The van der Waals surface area contributed by atoms with Gasteiger partial charge in [0.2, 0.25) is 5.91 Å². The third-order valence-electron chi connectivity index (χ3n) is 6.99. The molecule has 2 aromatic carbocycles. The van der Waals surface area contributed by atoms with Crippen molar-refractivity contribution in [2.45, 2.75) is 46.6 Å². The average molecular weight is 520 g/mol. The van der Waals surface area contributed by atoms with Crippen LogP contribution in [0, 0.1) is 19.8 Å². The van der Waals surface area contributed by atoms with Crippen molar-refractivity contribution in [2.24, 2.45) is 5.92 Å². The van der Waals surface area contributed by atoms with Gasteiger partial charge in [0.1, 0.15) is 18.9 Å². The summed E-state index contributed by atoms with van der Waals surface area (Å²) in [6.07, 6.45) is 1.75. The van der Waals surface area contributed by atoms with E-state index in [0.29, 0.717) is 19.7 Å². The van der Waals surface area contributed by atoms with Crippen molar-refractivity contribution in [1.29, 1.82) is 0 Å². The third-order valence-corrected chi connectivity index (χ3v) is 7.99. The van der Waals surface area contributed by atoms with Crippen LogP contribution in [0.5, 0.6) is 5.75 Å². The molecule has 2 atom stereocenters. The number of hydrogen-bond acceptors (Lipinski definition) is 4. The maximum atomic E-state index is 13.7. The highest BCUT2D eigenvalue weighted by molar-refractivity contribution is 7.10. The van der Waals surface area contributed by atoms with Gasteiger partial charge >= 0.3 is 6.03 Å². The fourth-order valence-corrected chi connectivity index (χ4v) is 5.43. The van der Waals surface area contributed by atoms with E-state index in [2.05, 4.69) is 30.6 Å². The van der Waals surface area contributed by atoms with E-state index in [-0.39, 0.29) is 30.4 Å². The Morgan fingerprint density at radius 3 is 2.43 bits per heavy atom. The number of benzene rings is 2. The van der Waals surface area contributed by atoms with E-state index in [9.17, 15) is 9.59 Å². The van der Waals surface area contributed by atoms with Gasteiger partial charge in [0.25, 0.3) is 0 Å². The lowest BCUT2D eigenvalue weighted by Crippen LogP contribution is -2.49. The zero-order chi connectivity index (χ0) is 26.4. The summed E-state index contributed by atoms with van der Waals surface area (Å²) in [7, 11) is 0. The Labute approximate surface area is 224 Å². The second-order valence-electron chi connectivity index (χ2n) is 9.97. The molecule has 7 heteroatoms. The molecule has 0 spiro atoms. The molecule has 0 aliphatic carbocycles. The van der Waals surface area contributed by atoms with Crippen LogP contribution in [-0.2, 0) is 11.2 Å². The predicted octanol–water partition coefficient (Wildman–Crippen LogP) is 6.45. The van der Waals surface area contributed by atoms with E-state index < -0.39 is 0 Å². The first kappa shape index (κ1) is 26.7. The van der Waals surface area contributed by atoms with Crippen LogP contribution in [0.4, 0.5) is 10.5 Å². The number of hydrogen-bond donors (Lipinski definition) is 1. The van der Waals surface area contributed by atoms with Crippen molar-refractivity contribution in [3.05, 3.63) is 81.5 Å². The SMILES string of the molecule is CC[C@H](C)CN(CC(=O)N1CCc2sccc2[C@@H]1COc1ccc(C)cc1)C(=O)Nc1ccc(C)cc1. The number of carbonyl (C=O) groups is 2. The summed E-state index contributed by atoms with van der Waals surface area (Å²) in [6.45, 7) is 9.80. The zero-order valence-corrected chi connectivity index (χ0v) is 23.0. The Balaban J connectivity index is 1.50. The second kappa shape index (κ2) is 12.3. The van der Waals surface area contributed by atoms with Crippen LogP contribution in [0.3, 0.4) is 0 Å². The Kier molecular flexibility index (Phi) is 8.87. The molecule has 0 saturated carbocycles. The summed E-state index contributed by atoms with van der Waals surface area (Å²) >= 11 is 1.73. The van der Waals surface area contributed by atoms with Crippen LogP contribution >= 0.6 is 11.3 Å². The summed E-state index contributed by atoms with van der Waals surface area (Å²) in [5, 5.41) is 5.06. The molecular formula is C30H37N3O3S. The van der Waals surface area contributed by atoms with Crippen molar-refractivity contribution >= 4 is 29.0 Å². The Morgan fingerprint density at radius 2 is 1.76 bits per heavy atom. The highest BCUT2D eigenvalue weighted by Gasteiger charge is 2.33. The Morgan fingerprint density at radius 1 is 1.08 bits per heavy atom. The van der Waals surface area contributed by atoms with Gasteiger partial charge in [0, 0.05) is 23.7 Å². The van der Waals surface area contributed by atoms with Gasteiger partial charge in [-0.25, -0.2) is 4.79 Å². The zero-order valence-electron chi connectivity index (χ0n) is 22.2. The number of aryl methyl sites for hydroxylation is 2. The number of nitrogens with one attached hydrogen (secondary N) is 1. The molecule has 1 aliphatic heterocycles. The first-order valence-electron chi connectivity index (χ1n) is 13.0. The normalized spacial score (nSPS) is 15.6. The number of urea groups is 1. The van der Waals surface area contributed by atoms with Gasteiger partial charge in [0.15, 0.2) is 0 Å². The van der Waals surface area contributed by atoms with Gasteiger partial charge in [-0.05, 0) is 67.5 Å². The van der Waals surface area contributed by atoms with Crippen LogP contribution in [0.1, 0.15) is 47.9 Å². The van der Waals surface area contributed by atoms with E-state index in [4.69, 9.17) is 4.74 Å². The summed E-state index contributed by atoms with van der Waals surface area (Å²) in [5.74, 6) is 1.01. The number of thiophene rings is 1. The van der Waals surface area contributed by atoms with E-state index in [1.54, 1.807) is 16.2 Å². The van der Waals surface area contributed by atoms with Crippen molar-refractivity contribution in [2.75, 3.05) is 31.6 Å². The maximum absolute atomic E-state index is 13.7. The molecule has 1 N–H and O–H groups in total. The molecular weight excluding hydrogens is 482 g/mol. The molecule has 4 rings (SSSR count). The molecule has 0 unspecified atom stereocenters. The molecule has 0 saturated heterocycles. The monoisotopic (exact) mass is 519 g/mol. The molecule has 1 aliphatic rings. The highest BCUT2D eigenvalue weighted by Crippen LogP contribution is 2.34. The van der Waals surface area contributed by atoms with Crippen LogP contribution < -0.4 is 10.1 Å². The molecule has 0 radical (unpaired) electrons. The molecule has 6 nitrogen and oxygen atoms in total. The van der Waals surface area contributed by atoms with Gasteiger partial charge in [0.05, 0.1) is 6.04 Å². The van der Waals surface area contributed by atoms with Gasteiger partial charge in [-0.15, -0.1) is 11.3 Å². The lowest BCUT2D eigenvalue weighted by Gasteiger charge is -2.37.